The quantitative estimate of drug-likeness (QED) is 0.228. The normalized spacial score (nSPS) is 13.8. The SMILES string of the molecule is O=C([O-])/C(C(=O)C(F)(F)C(F)F)=C(\C(=O)[O-])C(=O)C(F)(F)C(F)F. The molecule has 0 saturated heterocycles. The maximum atomic E-state index is 12.8. The summed E-state index contributed by atoms with van der Waals surface area (Å²) in [4.78, 5) is 43.0. The first-order valence-electron chi connectivity index (χ1n) is 5.18. The lowest BCUT2D eigenvalue weighted by molar-refractivity contribution is -0.304. The highest BCUT2D eigenvalue weighted by Crippen LogP contribution is 2.32. The Balaban J connectivity index is 6.66. The molecule has 6 nitrogen and oxygen atoms in total. The van der Waals surface area contributed by atoms with Gasteiger partial charge in [-0.1, -0.05) is 0 Å². The molecule has 136 valence electrons. The van der Waals surface area contributed by atoms with Crippen molar-refractivity contribution < 1.29 is 64.5 Å². The molecule has 0 N–H and O–H groups in total. The zero-order chi connectivity index (χ0) is 19.6. The van der Waals surface area contributed by atoms with Crippen molar-refractivity contribution in [3.05, 3.63) is 11.1 Å². The summed E-state index contributed by atoms with van der Waals surface area (Å²) in [6, 6.07) is 0. The monoisotopic (exact) mass is 370 g/mol. The lowest BCUT2D eigenvalue weighted by Crippen LogP contribution is -2.48. The lowest BCUT2D eigenvalue weighted by atomic mass is 9.94. The van der Waals surface area contributed by atoms with Crippen LogP contribution in [0.2, 0.25) is 0 Å². The summed E-state index contributed by atoms with van der Waals surface area (Å²) >= 11 is 0. The Morgan fingerprint density at radius 1 is 0.625 bits per heavy atom. The molecule has 14 heteroatoms. The number of aliphatic carboxylic acids is 2. The minimum Gasteiger partial charge on any atom is -0.545 e. The van der Waals surface area contributed by atoms with Crippen molar-refractivity contribution >= 4 is 23.5 Å². The Bertz CT molecular complexity index is 556. The van der Waals surface area contributed by atoms with Crippen LogP contribution in [0.4, 0.5) is 35.1 Å². The maximum Gasteiger partial charge on any atom is 0.368 e. The molecule has 0 unspecified atom stereocenters. The molecule has 0 fully saturated rings. The van der Waals surface area contributed by atoms with Crippen molar-refractivity contribution in [2.45, 2.75) is 24.7 Å². The third-order valence-electron chi connectivity index (χ3n) is 2.27. The van der Waals surface area contributed by atoms with E-state index in [2.05, 4.69) is 0 Å². The van der Waals surface area contributed by atoms with Gasteiger partial charge in [-0.05, 0) is 0 Å². The first-order valence-corrected chi connectivity index (χ1v) is 5.18. The van der Waals surface area contributed by atoms with E-state index in [1.54, 1.807) is 0 Å². The first kappa shape index (κ1) is 21.5. The van der Waals surface area contributed by atoms with Crippen LogP contribution in [0.5, 0.6) is 0 Å². The highest BCUT2D eigenvalue weighted by atomic mass is 19.3. The summed E-state index contributed by atoms with van der Waals surface area (Å²) in [5.41, 5.74) is -6.32. The molecule has 0 bridgehead atoms. The number of halogens is 8. The van der Waals surface area contributed by atoms with E-state index in [-0.39, 0.29) is 0 Å². The van der Waals surface area contributed by atoms with E-state index in [4.69, 9.17) is 0 Å². The van der Waals surface area contributed by atoms with Gasteiger partial charge in [-0.25, -0.2) is 17.6 Å². The second-order valence-corrected chi connectivity index (χ2v) is 3.83. The molecular weight excluding hydrogens is 368 g/mol. The molecule has 0 aromatic carbocycles. The van der Waals surface area contributed by atoms with E-state index < -0.39 is 59.3 Å². The largest absolute Gasteiger partial charge is 0.545 e. The number of hydrogen-bond acceptors (Lipinski definition) is 6. The second-order valence-electron chi connectivity index (χ2n) is 3.83. The zero-order valence-electron chi connectivity index (χ0n) is 10.6. The van der Waals surface area contributed by atoms with Crippen molar-refractivity contribution in [1.29, 1.82) is 0 Å². The van der Waals surface area contributed by atoms with Gasteiger partial charge in [0.1, 0.15) is 0 Å². The van der Waals surface area contributed by atoms with Crippen molar-refractivity contribution in [1.82, 2.24) is 0 Å². The number of carbonyl (C=O) groups is 4. The molecule has 0 aromatic rings. The van der Waals surface area contributed by atoms with Crippen LogP contribution in [0.1, 0.15) is 0 Å². The Morgan fingerprint density at radius 3 is 0.958 bits per heavy atom. The van der Waals surface area contributed by atoms with Gasteiger partial charge in [0.2, 0.25) is 11.6 Å². The standard InChI is InChI=1S/C10H4F8O6/c11-7(12)9(15,16)3(19)1(5(21)22)2(6(23)24)4(20)10(17,18)8(13)14/h7-8H,(H,21,22)(H,23,24)/p-2/b2-1-. The van der Waals surface area contributed by atoms with Crippen LogP contribution in [0.25, 0.3) is 0 Å². The van der Waals surface area contributed by atoms with E-state index in [1.807, 2.05) is 0 Å². The highest BCUT2D eigenvalue weighted by Gasteiger charge is 2.54. The Morgan fingerprint density at radius 2 is 0.833 bits per heavy atom. The van der Waals surface area contributed by atoms with Crippen LogP contribution in [0.3, 0.4) is 0 Å². The van der Waals surface area contributed by atoms with Crippen LogP contribution in [-0.4, -0.2) is 48.2 Å². The maximum absolute atomic E-state index is 12.8. The van der Waals surface area contributed by atoms with Crippen LogP contribution in [-0.2, 0) is 19.2 Å². The minimum atomic E-state index is -5.95. The fraction of sp³-hybridized carbons (Fsp3) is 0.400. The van der Waals surface area contributed by atoms with Gasteiger partial charge in [-0.2, -0.15) is 17.6 Å². The van der Waals surface area contributed by atoms with E-state index in [9.17, 15) is 64.5 Å². The second kappa shape index (κ2) is 6.92. The van der Waals surface area contributed by atoms with Crippen LogP contribution in [0.15, 0.2) is 11.1 Å². The van der Waals surface area contributed by atoms with Crippen molar-refractivity contribution in [2.24, 2.45) is 0 Å². The van der Waals surface area contributed by atoms with Gasteiger partial charge in [0.15, 0.2) is 0 Å². The Hall–Kier alpha value is -2.54. The summed E-state index contributed by atoms with van der Waals surface area (Å²) in [6.45, 7) is 0. The number of ketones is 2. The van der Waals surface area contributed by atoms with Crippen LogP contribution < -0.4 is 10.2 Å². The molecule has 0 spiro atoms. The van der Waals surface area contributed by atoms with Crippen LogP contribution in [0, 0.1) is 0 Å². The molecule has 0 atom stereocenters. The molecular formula is C10H2F8O6-2. The van der Waals surface area contributed by atoms with E-state index >= 15 is 0 Å². The summed E-state index contributed by atoms with van der Waals surface area (Å²) in [5.74, 6) is -25.9. The fourth-order valence-corrected chi connectivity index (χ4v) is 1.15. The van der Waals surface area contributed by atoms with Crippen molar-refractivity contribution in [3.63, 3.8) is 0 Å². The molecule has 0 aliphatic heterocycles. The molecule has 0 amide bonds. The third-order valence-corrected chi connectivity index (χ3v) is 2.27. The molecule has 0 heterocycles. The van der Waals surface area contributed by atoms with Gasteiger partial charge in [-0.3, -0.25) is 9.59 Å². The fourth-order valence-electron chi connectivity index (χ4n) is 1.15. The summed E-state index contributed by atoms with van der Waals surface area (Å²) in [6.07, 6.45) is -9.90. The van der Waals surface area contributed by atoms with E-state index in [0.29, 0.717) is 0 Å². The third kappa shape index (κ3) is 3.86. The summed E-state index contributed by atoms with van der Waals surface area (Å²) in [5, 5.41) is 21.0. The average molecular weight is 370 g/mol. The highest BCUT2D eigenvalue weighted by molar-refractivity contribution is 6.31. The van der Waals surface area contributed by atoms with Gasteiger partial charge in [0.05, 0.1) is 23.1 Å². The number of Topliss-reactive ketones (excluding diaryl/α,β-unsaturated/α-hetero) is 2. The molecule has 0 aromatic heterocycles. The van der Waals surface area contributed by atoms with Gasteiger partial charge in [0, 0.05) is 0 Å². The lowest BCUT2D eigenvalue weighted by Gasteiger charge is -2.22. The van der Waals surface area contributed by atoms with Gasteiger partial charge < -0.3 is 19.8 Å². The predicted octanol–water partition coefficient (Wildman–Crippen LogP) is -1.28. The number of hydrogen-bond donors (Lipinski definition) is 0. The summed E-state index contributed by atoms with van der Waals surface area (Å²) in [7, 11) is 0. The van der Waals surface area contributed by atoms with Crippen molar-refractivity contribution in [3.8, 4) is 0 Å². The molecule has 0 radical (unpaired) electrons. The number of carboxylic acid groups (broad SMARTS) is 2. The van der Waals surface area contributed by atoms with Gasteiger partial charge in [-0.15, -0.1) is 0 Å². The van der Waals surface area contributed by atoms with Gasteiger partial charge in [0.25, 0.3) is 0 Å². The van der Waals surface area contributed by atoms with Gasteiger partial charge >= 0.3 is 24.7 Å². The van der Waals surface area contributed by atoms with Crippen molar-refractivity contribution in [2.75, 3.05) is 0 Å². The number of alkyl halides is 8. The van der Waals surface area contributed by atoms with E-state index in [1.165, 1.54) is 0 Å². The predicted molar refractivity (Wildman–Crippen MR) is 49.0 cm³/mol. The minimum absolute atomic E-state index is 3.16. The Kier molecular flexibility index (Phi) is 6.19. The molecule has 0 rings (SSSR count). The topological polar surface area (TPSA) is 114 Å². The molecule has 24 heavy (non-hydrogen) atoms. The molecule has 0 aliphatic rings. The number of carbonyl (C=O) groups excluding carboxylic acids is 4. The smallest absolute Gasteiger partial charge is 0.368 e. The number of carboxylic acids is 2. The Labute approximate surface area is 125 Å². The molecule has 0 aliphatic carbocycles. The zero-order valence-corrected chi connectivity index (χ0v) is 10.6. The summed E-state index contributed by atoms with van der Waals surface area (Å²) < 4.78 is 99.2. The number of rotatable bonds is 8. The average Bonchev–Trinajstić information content (AvgIpc) is 2.41. The van der Waals surface area contributed by atoms with Crippen LogP contribution >= 0.6 is 0 Å². The molecule has 0 saturated carbocycles. The first-order chi connectivity index (χ1) is 10.6. The van der Waals surface area contributed by atoms with E-state index in [0.717, 1.165) is 0 Å².